The van der Waals surface area contributed by atoms with Gasteiger partial charge in [0.05, 0.1) is 0 Å². The number of nitrogens with one attached hydrogen (secondary N) is 1. The Morgan fingerprint density at radius 1 is 1.04 bits per heavy atom. The lowest BCUT2D eigenvalue weighted by Crippen LogP contribution is -2.48. The van der Waals surface area contributed by atoms with Crippen molar-refractivity contribution >= 4 is 5.91 Å². The zero-order valence-electron chi connectivity index (χ0n) is 16.2. The molecule has 1 fully saturated rings. The minimum absolute atomic E-state index is 0.0619. The quantitative estimate of drug-likeness (QED) is 0.854. The van der Waals surface area contributed by atoms with E-state index in [4.69, 9.17) is 0 Å². The Labute approximate surface area is 157 Å². The smallest absolute Gasteiger partial charge is 0.234 e. The van der Waals surface area contributed by atoms with Gasteiger partial charge in [-0.15, -0.1) is 0 Å². The fourth-order valence-corrected chi connectivity index (χ4v) is 4.37. The van der Waals surface area contributed by atoms with Gasteiger partial charge in [0.1, 0.15) is 5.41 Å². The molecular weight excluding hydrogens is 320 g/mol. The molecule has 0 aliphatic carbocycles. The lowest BCUT2D eigenvalue weighted by Gasteiger charge is -2.38. The van der Waals surface area contributed by atoms with Crippen molar-refractivity contribution < 1.29 is 4.79 Å². The van der Waals surface area contributed by atoms with Gasteiger partial charge in [0.15, 0.2) is 0 Å². The first-order chi connectivity index (χ1) is 12.5. The number of nitrogens with zero attached hydrogens (tertiary/aromatic N) is 1. The van der Waals surface area contributed by atoms with Gasteiger partial charge in [0.25, 0.3) is 0 Å². The van der Waals surface area contributed by atoms with Gasteiger partial charge in [-0.05, 0) is 50.8 Å². The summed E-state index contributed by atoms with van der Waals surface area (Å²) in [7, 11) is 1.74. The van der Waals surface area contributed by atoms with E-state index in [-0.39, 0.29) is 11.4 Å². The SMILES string of the molecule is CNC(=O)C(CCN1CCCC1(C)C)(c1ccccc1)c1ccccc1. The van der Waals surface area contributed by atoms with Crippen LogP contribution in [0.1, 0.15) is 44.2 Å². The van der Waals surface area contributed by atoms with Gasteiger partial charge in [-0.2, -0.15) is 0 Å². The summed E-state index contributed by atoms with van der Waals surface area (Å²) in [5, 5.41) is 2.94. The highest BCUT2D eigenvalue weighted by atomic mass is 16.2. The minimum atomic E-state index is -0.671. The summed E-state index contributed by atoms with van der Waals surface area (Å²) in [6, 6.07) is 20.4. The maximum atomic E-state index is 13.3. The van der Waals surface area contributed by atoms with Crippen LogP contribution in [0.5, 0.6) is 0 Å². The van der Waals surface area contributed by atoms with Gasteiger partial charge >= 0.3 is 0 Å². The Bertz CT molecular complexity index is 685. The number of carbonyl (C=O) groups excluding carboxylic acids is 1. The number of hydrogen-bond acceptors (Lipinski definition) is 2. The molecule has 0 aromatic heterocycles. The van der Waals surface area contributed by atoms with Crippen molar-refractivity contribution in [1.29, 1.82) is 0 Å². The Morgan fingerprint density at radius 2 is 1.58 bits per heavy atom. The van der Waals surface area contributed by atoms with Crippen molar-refractivity contribution in [3.05, 3.63) is 71.8 Å². The van der Waals surface area contributed by atoms with Crippen molar-refractivity contribution in [3.8, 4) is 0 Å². The van der Waals surface area contributed by atoms with Crippen molar-refractivity contribution in [2.75, 3.05) is 20.1 Å². The Balaban J connectivity index is 2.04. The molecule has 2 aromatic carbocycles. The molecule has 3 nitrogen and oxygen atoms in total. The Kier molecular flexibility index (Phi) is 5.47. The molecule has 0 saturated carbocycles. The second-order valence-electron chi connectivity index (χ2n) is 7.87. The number of amides is 1. The molecule has 1 aliphatic rings. The van der Waals surface area contributed by atoms with E-state index in [9.17, 15) is 4.79 Å². The van der Waals surface area contributed by atoms with Crippen molar-refractivity contribution in [3.63, 3.8) is 0 Å². The lowest BCUT2D eigenvalue weighted by molar-refractivity contribution is -0.125. The molecule has 3 rings (SSSR count). The highest BCUT2D eigenvalue weighted by Crippen LogP contribution is 2.38. The fourth-order valence-electron chi connectivity index (χ4n) is 4.37. The number of benzene rings is 2. The molecule has 0 bridgehead atoms. The average molecular weight is 351 g/mol. The van der Waals surface area contributed by atoms with Crippen LogP contribution in [0.25, 0.3) is 0 Å². The molecule has 1 N–H and O–H groups in total. The summed E-state index contributed by atoms with van der Waals surface area (Å²) in [5.41, 5.74) is 1.66. The zero-order chi connectivity index (χ0) is 18.6. The van der Waals surface area contributed by atoms with Crippen molar-refractivity contribution in [1.82, 2.24) is 10.2 Å². The van der Waals surface area contributed by atoms with Crippen LogP contribution in [0, 0.1) is 0 Å². The normalized spacial score (nSPS) is 17.2. The first-order valence-corrected chi connectivity index (χ1v) is 9.59. The molecule has 1 amide bonds. The van der Waals surface area contributed by atoms with E-state index < -0.39 is 5.41 Å². The van der Waals surface area contributed by atoms with Crippen LogP contribution in [0.4, 0.5) is 0 Å². The third-order valence-electron chi connectivity index (χ3n) is 5.98. The number of likely N-dealkylation sites (tertiary alicyclic amines) is 1. The largest absolute Gasteiger partial charge is 0.358 e. The maximum absolute atomic E-state index is 13.3. The molecule has 0 unspecified atom stereocenters. The monoisotopic (exact) mass is 350 g/mol. The summed E-state index contributed by atoms with van der Waals surface area (Å²) in [4.78, 5) is 15.8. The van der Waals surface area contributed by atoms with Gasteiger partial charge in [-0.25, -0.2) is 0 Å². The molecular formula is C23H30N2O. The first-order valence-electron chi connectivity index (χ1n) is 9.59. The van der Waals surface area contributed by atoms with E-state index in [1.807, 2.05) is 36.4 Å². The molecule has 26 heavy (non-hydrogen) atoms. The van der Waals surface area contributed by atoms with E-state index in [2.05, 4.69) is 48.3 Å². The predicted molar refractivity (Wildman–Crippen MR) is 107 cm³/mol. The zero-order valence-corrected chi connectivity index (χ0v) is 16.2. The molecule has 1 aliphatic heterocycles. The van der Waals surface area contributed by atoms with Crippen LogP contribution in [-0.2, 0) is 10.2 Å². The van der Waals surface area contributed by atoms with Gasteiger partial charge in [-0.3, -0.25) is 9.69 Å². The van der Waals surface area contributed by atoms with E-state index in [0.29, 0.717) is 0 Å². The first kappa shape index (κ1) is 18.7. The van der Waals surface area contributed by atoms with Crippen LogP contribution in [0.3, 0.4) is 0 Å². The van der Waals surface area contributed by atoms with Crippen LogP contribution >= 0.6 is 0 Å². The molecule has 0 spiro atoms. The summed E-state index contributed by atoms with van der Waals surface area (Å²) >= 11 is 0. The third-order valence-corrected chi connectivity index (χ3v) is 5.98. The molecule has 3 heteroatoms. The highest BCUT2D eigenvalue weighted by molar-refractivity contribution is 5.92. The highest BCUT2D eigenvalue weighted by Gasteiger charge is 2.43. The second kappa shape index (κ2) is 7.63. The van der Waals surface area contributed by atoms with Gasteiger partial charge < -0.3 is 5.32 Å². The standard InChI is InChI=1S/C23H30N2O/c1-22(2)15-10-17-25(22)18-16-23(21(26)24-3,19-11-6-4-7-12-19)20-13-8-5-9-14-20/h4-9,11-14H,10,15-18H2,1-3H3,(H,24,26). The van der Waals surface area contributed by atoms with Gasteiger partial charge in [0.2, 0.25) is 5.91 Å². The molecule has 1 heterocycles. The summed E-state index contributed by atoms with van der Waals surface area (Å²) in [6.45, 7) is 6.64. The van der Waals surface area contributed by atoms with Crippen LogP contribution in [0.15, 0.2) is 60.7 Å². The summed E-state index contributed by atoms with van der Waals surface area (Å²) < 4.78 is 0. The summed E-state index contributed by atoms with van der Waals surface area (Å²) in [6.07, 6.45) is 3.22. The average Bonchev–Trinajstić information content (AvgIpc) is 3.02. The number of rotatable bonds is 6. The fraction of sp³-hybridized carbons (Fsp3) is 0.435. The minimum Gasteiger partial charge on any atom is -0.358 e. The second-order valence-corrected chi connectivity index (χ2v) is 7.87. The number of likely N-dealkylation sites (N-methyl/N-ethyl adjacent to an activating group) is 1. The van der Waals surface area contributed by atoms with Crippen LogP contribution in [-0.4, -0.2) is 36.5 Å². The maximum Gasteiger partial charge on any atom is 0.234 e. The molecule has 1 saturated heterocycles. The Hall–Kier alpha value is -2.13. The van der Waals surface area contributed by atoms with Gasteiger partial charge in [-0.1, -0.05) is 60.7 Å². The van der Waals surface area contributed by atoms with E-state index >= 15 is 0 Å². The Morgan fingerprint density at radius 3 is 2.00 bits per heavy atom. The molecule has 2 aromatic rings. The lowest BCUT2D eigenvalue weighted by atomic mass is 9.71. The van der Waals surface area contributed by atoms with Crippen molar-refractivity contribution in [2.24, 2.45) is 0 Å². The van der Waals surface area contributed by atoms with E-state index in [1.54, 1.807) is 7.05 Å². The topological polar surface area (TPSA) is 32.3 Å². The number of carbonyl (C=O) groups is 1. The number of hydrogen-bond donors (Lipinski definition) is 1. The molecule has 138 valence electrons. The summed E-state index contributed by atoms with van der Waals surface area (Å²) in [5.74, 6) is 0.0619. The predicted octanol–water partition coefficient (Wildman–Crippen LogP) is 3.98. The van der Waals surface area contributed by atoms with Gasteiger partial charge in [0, 0.05) is 19.1 Å². The molecule has 0 atom stereocenters. The third kappa shape index (κ3) is 3.41. The van der Waals surface area contributed by atoms with Crippen molar-refractivity contribution in [2.45, 2.75) is 44.1 Å². The molecule has 0 radical (unpaired) electrons. The van der Waals surface area contributed by atoms with Crippen LogP contribution in [0.2, 0.25) is 0 Å². The van der Waals surface area contributed by atoms with Crippen LogP contribution < -0.4 is 5.32 Å². The van der Waals surface area contributed by atoms with E-state index in [0.717, 1.165) is 30.6 Å². The van der Waals surface area contributed by atoms with E-state index in [1.165, 1.54) is 12.8 Å².